The van der Waals surface area contributed by atoms with Gasteiger partial charge in [-0.05, 0) is 53.1 Å². The molecule has 0 amide bonds. The van der Waals surface area contributed by atoms with Crippen LogP contribution in [0.25, 0.3) is 11.8 Å². The molecule has 1 aromatic heterocycles. The minimum atomic E-state index is -0.286. The fourth-order valence-corrected chi connectivity index (χ4v) is 5.47. The van der Waals surface area contributed by atoms with Gasteiger partial charge in [-0.1, -0.05) is 69.7 Å². The number of methoxy groups -OCH3 is 3. The first-order chi connectivity index (χ1) is 17.5. The lowest BCUT2D eigenvalue weighted by Crippen LogP contribution is -2.36. The molecule has 6 nitrogen and oxygen atoms in total. The molecule has 0 aliphatic carbocycles. The first-order valence-electron chi connectivity index (χ1n) is 11.2. The van der Waals surface area contributed by atoms with Gasteiger partial charge in [-0.25, -0.2) is 4.99 Å². The predicted octanol–water partition coefficient (Wildman–Crippen LogP) is 4.79. The Morgan fingerprint density at radius 3 is 2.22 bits per heavy atom. The van der Waals surface area contributed by atoms with E-state index >= 15 is 0 Å². The van der Waals surface area contributed by atoms with Crippen molar-refractivity contribution in [2.75, 3.05) is 21.3 Å². The summed E-state index contributed by atoms with van der Waals surface area (Å²) >= 11 is 4.86. The lowest BCUT2D eigenvalue weighted by Gasteiger charge is -2.19. The van der Waals surface area contributed by atoms with Crippen molar-refractivity contribution in [3.63, 3.8) is 0 Å². The number of nitrogens with zero attached hydrogens (tertiary/aromatic N) is 2. The topological polar surface area (TPSA) is 62.1 Å². The SMILES string of the molecule is COc1cc(C=c2sc3n(c2=O)C(c2ccc(Br)cc2)C=C(c2ccccc2)N=3)cc(OC)c1OC. The van der Waals surface area contributed by atoms with E-state index in [4.69, 9.17) is 19.2 Å². The van der Waals surface area contributed by atoms with Crippen molar-refractivity contribution in [3.8, 4) is 17.2 Å². The molecule has 5 rings (SSSR count). The average Bonchev–Trinajstić information content (AvgIpc) is 3.23. The fraction of sp³-hybridized carbons (Fsp3) is 0.143. The van der Waals surface area contributed by atoms with Crippen LogP contribution in [0.3, 0.4) is 0 Å². The largest absolute Gasteiger partial charge is 0.493 e. The van der Waals surface area contributed by atoms with Crippen LogP contribution >= 0.6 is 27.3 Å². The summed E-state index contributed by atoms with van der Waals surface area (Å²) < 4.78 is 19.7. The molecular formula is C28H23BrN2O4S. The van der Waals surface area contributed by atoms with E-state index in [9.17, 15) is 4.79 Å². The summed E-state index contributed by atoms with van der Waals surface area (Å²) in [5.74, 6) is 1.55. The quantitative estimate of drug-likeness (QED) is 0.339. The molecule has 0 fully saturated rings. The van der Waals surface area contributed by atoms with E-state index < -0.39 is 0 Å². The summed E-state index contributed by atoms with van der Waals surface area (Å²) in [7, 11) is 4.70. The number of benzene rings is 3. The highest BCUT2D eigenvalue weighted by atomic mass is 79.9. The zero-order chi connectivity index (χ0) is 25.2. The molecule has 3 aromatic carbocycles. The maximum Gasteiger partial charge on any atom is 0.271 e. The molecule has 4 aromatic rings. The van der Waals surface area contributed by atoms with E-state index in [0.29, 0.717) is 26.6 Å². The summed E-state index contributed by atoms with van der Waals surface area (Å²) in [5.41, 5.74) is 3.49. The van der Waals surface area contributed by atoms with Crippen molar-refractivity contribution in [3.05, 3.63) is 114 Å². The second-order valence-electron chi connectivity index (χ2n) is 8.05. The number of thiazole rings is 1. The molecule has 0 bridgehead atoms. The van der Waals surface area contributed by atoms with Crippen LogP contribution in [0.4, 0.5) is 0 Å². The third-order valence-corrected chi connectivity index (χ3v) is 7.42. The van der Waals surface area contributed by atoms with Crippen molar-refractivity contribution in [2.45, 2.75) is 6.04 Å². The van der Waals surface area contributed by atoms with E-state index in [1.807, 2.05) is 78.9 Å². The highest BCUT2D eigenvalue weighted by Crippen LogP contribution is 2.38. The van der Waals surface area contributed by atoms with Gasteiger partial charge >= 0.3 is 0 Å². The minimum absolute atomic E-state index is 0.108. The second-order valence-corrected chi connectivity index (χ2v) is 9.98. The Balaban J connectivity index is 1.71. The first-order valence-corrected chi connectivity index (χ1v) is 12.8. The van der Waals surface area contributed by atoms with Crippen molar-refractivity contribution in [2.24, 2.45) is 4.99 Å². The second kappa shape index (κ2) is 10.2. The number of fused-ring (bicyclic) bond motifs is 1. The zero-order valence-corrected chi connectivity index (χ0v) is 22.3. The Labute approximate surface area is 220 Å². The average molecular weight is 563 g/mol. The molecule has 8 heteroatoms. The minimum Gasteiger partial charge on any atom is -0.493 e. The smallest absolute Gasteiger partial charge is 0.271 e. The third kappa shape index (κ3) is 4.50. The van der Waals surface area contributed by atoms with Crippen molar-refractivity contribution in [1.29, 1.82) is 0 Å². The lowest BCUT2D eigenvalue weighted by molar-refractivity contribution is 0.324. The molecule has 0 spiro atoms. The van der Waals surface area contributed by atoms with Crippen LogP contribution in [0.15, 0.2) is 87.1 Å². The third-order valence-electron chi connectivity index (χ3n) is 5.91. The van der Waals surface area contributed by atoms with Crippen LogP contribution < -0.4 is 29.1 Å². The standard InChI is InChI=1S/C28H23BrN2O4S/c1-33-23-13-17(14-24(34-2)26(23)35-3)15-25-27(32)31-22(19-9-11-20(29)12-10-19)16-21(30-28(31)36-25)18-7-5-4-6-8-18/h4-16,22H,1-3H3. The van der Waals surface area contributed by atoms with Gasteiger partial charge in [0.2, 0.25) is 5.75 Å². The number of aromatic nitrogens is 1. The highest BCUT2D eigenvalue weighted by molar-refractivity contribution is 9.10. The highest BCUT2D eigenvalue weighted by Gasteiger charge is 2.22. The lowest BCUT2D eigenvalue weighted by atomic mass is 10.0. The summed E-state index contributed by atoms with van der Waals surface area (Å²) in [6, 6.07) is 21.4. The van der Waals surface area contributed by atoms with Gasteiger partial charge in [-0.3, -0.25) is 9.36 Å². The Hall–Kier alpha value is -3.62. The molecule has 0 saturated heterocycles. The maximum absolute atomic E-state index is 13.7. The van der Waals surface area contributed by atoms with E-state index in [2.05, 4.69) is 15.9 Å². The summed E-state index contributed by atoms with van der Waals surface area (Å²) in [6.45, 7) is 0. The van der Waals surface area contributed by atoms with Gasteiger partial charge in [0, 0.05) is 4.47 Å². The van der Waals surface area contributed by atoms with Crippen molar-refractivity contribution >= 4 is 39.0 Å². The molecule has 1 aliphatic rings. The fourth-order valence-electron chi connectivity index (χ4n) is 4.19. The molecule has 1 unspecified atom stereocenters. The molecule has 0 radical (unpaired) electrons. The van der Waals surface area contributed by atoms with Crippen LogP contribution in [0.1, 0.15) is 22.7 Å². The van der Waals surface area contributed by atoms with Crippen LogP contribution in [0, 0.1) is 0 Å². The van der Waals surface area contributed by atoms with Crippen LogP contribution in [0.2, 0.25) is 0 Å². The molecule has 0 saturated carbocycles. The van der Waals surface area contributed by atoms with E-state index in [-0.39, 0.29) is 11.6 Å². The van der Waals surface area contributed by atoms with Crippen LogP contribution in [0.5, 0.6) is 17.2 Å². The number of hydrogen-bond donors (Lipinski definition) is 0. The Bertz CT molecular complexity index is 1600. The number of halogens is 1. The molecule has 1 atom stereocenters. The number of allylic oxidation sites excluding steroid dienone is 1. The summed E-state index contributed by atoms with van der Waals surface area (Å²) in [6.07, 6.45) is 3.88. The van der Waals surface area contributed by atoms with Crippen LogP contribution in [-0.2, 0) is 0 Å². The Kier molecular flexibility index (Phi) is 6.80. The Morgan fingerprint density at radius 2 is 1.61 bits per heavy atom. The van der Waals surface area contributed by atoms with Gasteiger partial charge in [-0.15, -0.1) is 0 Å². The van der Waals surface area contributed by atoms with Crippen LogP contribution in [-0.4, -0.2) is 25.9 Å². The van der Waals surface area contributed by atoms with E-state index in [0.717, 1.165) is 26.9 Å². The monoisotopic (exact) mass is 562 g/mol. The molecule has 0 N–H and O–H groups in total. The number of rotatable bonds is 6. The first kappa shape index (κ1) is 24.1. The van der Waals surface area contributed by atoms with E-state index in [1.165, 1.54) is 11.3 Å². The summed E-state index contributed by atoms with van der Waals surface area (Å²) in [5, 5.41) is 0. The van der Waals surface area contributed by atoms with Gasteiger partial charge in [0.05, 0.1) is 37.6 Å². The normalized spacial score (nSPS) is 15.1. The van der Waals surface area contributed by atoms with Gasteiger partial charge in [-0.2, -0.15) is 0 Å². The number of ether oxygens (including phenoxy) is 3. The summed E-state index contributed by atoms with van der Waals surface area (Å²) in [4.78, 5) is 19.2. The molecule has 2 heterocycles. The van der Waals surface area contributed by atoms with Gasteiger partial charge < -0.3 is 14.2 Å². The molecule has 1 aliphatic heterocycles. The predicted molar refractivity (Wildman–Crippen MR) is 146 cm³/mol. The van der Waals surface area contributed by atoms with E-state index in [1.54, 1.807) is 25.9 Å². The van der Waals surface area contributed by atoms with Gasteiger partial charge in [0.1, 0.15) is 0 Å². The maximum atomic E-state index is 13.7. The zero-order valence-electron chi connectivity index (χ0n) is 19.9. The molecule has 36 heavy (non-hydrogen) atoms. The molecule has 182 valence electrons. The number of hydrogen-bond acceptors (Lipinski definition) is 6. The Morgan fingerprint density at radius 1 is 0.944 bits per heavy atom. The van der Waals surface area contributed by atoms with Gasteiger partial charge in [0.15, 0.2) is 16.3 Å². The van der Waals surface area contributed by atoms with Crippen molar-refractivity contribution in [1.82, 2.24) is 4.57 Å². The van der Waals surface area contributed by atoms with Crippen molar-refractivity contribution < 1.29 is 14.2 Å². The van der Waals surface area contributed by atoms with Gasteiger partial charge in [0.25, 0.3) is 5.56 Å². The molecular weight excluding hydrogens is 540 g/mol.